The lowest BCUT2D eigenvalue weighted by Gasteiger charge is -2.29. The second-order valence-electron chi connectivity index (χ2n) is 6.20. The van der Waals surface area contributed by atoms with Crippen molar-refractivity contribution in [2.75, 3.05) is 13.1 Å². The van der Waals surface area contributed by atoms with E-state index in [0.717, 1.165) is 30.4 Å². The van der Waals surface area contributed by atoms with Crippen molar-refractivity contribution in [3.05, 3.63) is 23.4 Å². The van der Waals surface area contributed by atoms with Crippen LogP contribution in [0.3, 0.4) is 0 Å². The Morgan fingerprint density at radius 3 is 3.05 bits per heavy atom. The van der Waals surface area contributed by atoms with E-state index in [-0.39, 0.29) is 12.4 Å². The van der Waals surface area contributed by atoms with Gasteiger partial charge in [0.25, 0.3) is 0 Å². The summed E-state index contributed by atoms with van der Waals surface area (Å²) in [7, 11) is 0. The van der Waals surface area contributed by atoms with Crippen LogP contribution in [0.25, 0.3) is 10.7 Å². The van der Waals surface area contributed by atoms with Crippen molar-refractivity contribution >= 4 is 23.7 Å². The first kappa shape index (κ1) is 15.9. The Hall–Kier alpha value is -0.950. The highest BCUT2D eigenvalue weighted by atomic mass is 35.5. The maximum Gasteiger partial charge on any atom is 0.241 e. The first-order valence-corrected chi connectivity index (χ1v) is 8.52. The van der Waals surface area contributed by atoms with Gasteiger partial charge in [-0.05, 0) is 36.1 Å². The number of aromatic nitrogens is 2. The van der Waals surface area contributed by atoms with Crippen molar-refractivity contribution < 1.29 is 4.52 Å². The molecule has 1 aliphatic carbocycles. The lowest BCUT2D eigenvalue weighted by Crippen LogP contribution is -2.38. The third-order valence-electron chi connectivity index (χ3n) is 4.80. The first-order chi connectivity index (χ1) is 10.3. The van der Waals surface area contributed by atoms with Crippen LogP contribution < -0.4 is 5.73 Å². The molecule has 0 radical (unpaired) electrons. The molecule has 2 aromatic rings. The highest BCUT2D eigenvalue weighted by Crippen LogP contribution is 2.36. The Morgan fingerprint density at radius 2 is 2.27 bits per heavy atom. The Morgan fingerprint density at radius 1 is 1.36 bits per heavy atom. The number of rotatable bonds is 3. The molecule has 1 aliphatic heterocycles. The molecule has 2 fully saturated rings. The van der Waals surface area contributed by atoms with Gasteiger partial charge >= 0.3 is 0 Å². The molecule has 1 saturated heterocycles. The van der Waals surface area contributed by atoms with Crippen LogP contribution >= 0.6 is 23.7 Å². The third kappa shape index (κ3) is 3.06. The molecular weight excluding hydrogens is 320 g/mol. The van der Waals surface area contributed by atoms with Crippen LogP contribution in [0.5, 0.6) is 0 Å². The summed E-state index contributed by atoms with van der Waals surface area (Å²) in [5.74, 6) is 2.82. The Bertz CT molecular complexity index is 602. The van der Waals surface area contributed by atoms with Crippen molar-refractivity contribution in [3.63, 3.8) is 0 Å². The van der Waals surface area contributed by atoms with E-state index in [4.69, 9.17) is 10.3 Å². The summed E-state index contributed by atoms with van der Waals surface area (Å²) in [5.41, 5.74) is 6.27. The second kappa shape index (κ2) is 6.66. The van der Waals surface area contributed by atoms with E-state index >= 15 is 0 Å². The van der Waals surface area contributed by atoms with Gasteiger partial charge in [0.2, 0.25) is 11.7 Å². The second-order valence-corrected chi connectivity index (χ2v) is 7.15. The maximum atomic E-state index is 6.27. The topological polar surface area (TPSA) is 68.2 Å². The largest absolute Gasteiger partial charge is 0.338 e. The van der Waals surface area contributed by atoms with Gasteiger partial charge in [0.05, 0.1) is 11.4 Å². The summed E-state index contributed by atoms with van der Waals surface area (Å²) in [5, 5.41) is 6.11. The number of fused-ring (bicyclic) bond motifs is 1. The van der Waals surface area contributed by atoms with E-state index in [0.29, 0.717) is 23.7 Å². The Balaban J connectivity index is 0.00000144. The Labute approximate surface area is 140 Å². The quantitative estimate of drug-likeness (QED) is 0.930. The van der Waals surface area contributed by atoms with Gasteiger partial charge in [0, 0.05) is 19.1 Å². The highest BCUT2D eigenvalue weighted by molar-refractivity contribution is 7.13. The zero-order valence-corrected chi connectivity index (χ0v) is 14.0. The minimum atomic E-state index is 0. The Kier molecular flexibility index (Phi) is 4.82. The number of hydrogen-bond acceptors (Lipinski definition) is 6. The zero-order chi connectivity index (χ0) is 14.2. The normalized spacial score (nSPS) is 28.3. The van der Waals surface area contributed by atoms with Gasteiger partial charge < -0.3 is 10.3 Å². The van der Waals surface area contributed by atoms with E-state index in [9.17, 15) is 0 Å². The minimum Gasteiger partial charge on any atom is -0.338 e. The van der Waals surface area contributed by atoms with E-state index in [1.807, 2.05) is 17.5 Å². The molecular formula is C15H21ClN4OS. The predicted molar refractivity (Wildman–Crippen MR) is 88.9 cm³/mol. The highest BCUT2D eigenvalue weighted by Gasteiger charge is 2.38. The monoisotopic (exact) mass is 340 g/mol. The fourth-order valence-electron chi connectivity index (χ4n) is 3.75. The van der Waals surface area contributed by atoms with Crippen LogP contribution in [-0.4, -0.2) is 34.2 Å². The molecule has 0 amide bonds. The minimum absolute atomic E-state index is 0. The van der Waals surface area contributed by atoms with Gasteiger partial charge in [-0.3, -0.25) is 4.90 Å². The molecule has 4 rings (SSSR count). The van der Waals surface area contributed by atoms with Crippen molar-refractivity contribution in [1.29, 1.82) is 0 Å². The number of nitrogens with two attached hydrogens (primary N) is 1. The average Bonchev–Trinajstić information content (AvgIpc) is 3.18. The summed E-state index contributed by atoms with van der Waals surface area (Å²) in [6, 6.07) is 4.39. The number of hydrogen-bond donors (Lipinski definition) is 1. The van der Waals surface area contributed by atoms with Gasteiger partial charge in [-0.25, -0.2) is 0 Å². The molecule has 3 atom stereocenters. The van der Waals surface area contributed by atoms with Crippen LogP contribution in [0.15, 0.2) is 22.0 Å². The maximum absolute atomic E-state index is 6.27. The molecule has 22 heavy (non-hydrogen) atoms. The van der Waals surface area contributed by atoms with Crippen LogP contribution in [-0.2, 0) is 6.54 Å². The molecule has 3 unspecified atom stereocenters. The van der Waals surface area contributed by atoms with Gasteiger partial charge in [-0.2, -0.15) is 4.98 Å². The molecule has 2 aromatic heterocycles. The SMILES string of the molecule is Cl.NC1CCCC2CN(Cc3nc(-c4cccs4)no3)CC12. The summed E-state index contributed by atoms with van der Waals surface area (Å²) in [6.45, 7) is 2.94. The fourth-order valence-corrected chi connectivity index (χ4v) is 4.40. The van der Waals surface area contributed by atoms with Crippen LogP contribution in [0, 0.1) is 11.8 Å². The number of nitrogens with zero attached hydrogens (tertiary/aromatic N) is 3. The molecule has 5 nitrogen and oxygen atoms in total. The lowest BCUT2D eigenvalue weighted by atomic mass is 9.78. The zero-order valence-electron chi connectivity index (χ0n) is 12.4. The van der Waals surface area contributed by atoms with E-state index in [1.165, 1.54) is 19.3 Å². The van der Waals surface area contributed by atoms with Crippen molar-refractivity contribution in [2.24, 2.45) is 17.6 Å². The van der Waals surface area contributed by atoms with Crippen molar-refractivity contribution in [2.45, 2.75) is 31.8 Å². The number of likely N-dealkylation sites (tertiary alicyclic amines) is 1. The predicted octanol–water partition coefficient (Wildman–Crippen LogP) is 2.78. The standard InChI is InChI=1S/C15H20N4OS.ClH/c16-12-4-1-3-10-7-19(8-11(10)12)9-14-17-15(18-20-14)13-5-2-6-21-13;/h2,5-6,10-12H,1,3-4,7-9,16H2;1H. The number of thiophene rings is 1. The summed E-state index contributed by atoms with van der Waals surface area (Å²) in [4.78, 5) is 7.99. The average molecular weight is 341 g/mol. The van der Waals surface area contributed by atoms with Gasteiger partial charge in [-0.1, -0.05) is 17.6 Å². The molecule has 0 aromatic carbocycles. The van der Waals surface area contributed by atoms with Crippen molar-refractivity contribution in [1.82, 2.24) is 15.0 Å². The van der Waals surface area contributed by atoms with E-state index in [2.05, 4.69) is 15.0 Å². The van der Waals surface area contributed by atoms with Gasteiger partial charge in [-0.15, -0.1) is 23.7 Å². The van der Waals surface area contributed by atoms with Crippen LogP contribution in [0.2, 0.25) is 0 Å². The van der Waals surface area contributed by atoms with Crippen LogP contribution in [0.1, 0.15) is 25.2 Å². The summed E-state index contributed by atoms with van der Waals surface area (Å²) < 4.78 is 5.40. The molecule has 0 bridgehead atoms. The smallest absolute Gasteiger partial charge is 0.241 e. The van der Waals surface area contributed by atoms with E-state index in [1.54, 1.807) is 11.3 Å². The molecule has 2 aliphatic rings. The van der Waals surface area contributed by atoms with Gasteiger partial charge in [0.1, 0.15) is 0 Å². The lowest BCUT2D eigenvalue weighted by molar-refractivity contribution is 0.252. The molecule has 0 spiro atoms. The molecule has 2 N–H and O–H groups in total. The fraction of sp³-hybridized carbons (Fsp3) is 0.600. The van der Waals surface area contributed by atoms with Gasteiger partial charge in [0.15, 0.2) is 0 Å². The van der Waals surface area contributed by atoms with Crippen molar-refractivity contribution in [3.8, 4) is 10.7 Å². The molecule has 120 valence electrons. The summed E-state index contributed by atoms with van der Waals surface area (Å²) in [6.07, 6.45) is 3.77. The van der Waals surface area contributed by atoms with Crippen LogP contribution in [0.4, 0.5) is 0 Å². The summed E-state index contributed by atoms with van der Waals surface area (Å²) >= 11 is 1.63. The molecule has 7 heteroatoms. The third-order valence-corrected chi connectivity index (χ3v) is 5.66. The number of halogens is 1. The molecule has 1 saturated carbocycles. The first-order valence-electron chi connectivity index (χ1n) is 7.64. The van der Waals surface area contributed by atoms with E-state index < -0.39 is 0 Å². The molecule has 3 heterocycles.